The van der Waals surface area contributed by atoms with Crippen LogP contribution in [-0.4, -0.2) is 17.8 Å². The first-order valence-electron chi connectivity index (χ1n) is 6.98. The molecule has 24 heavy (non-hydrogen) atoms. The van der Waals surface area contributed by atoms with Gasteiger partial charge in [0.1, 0.15) is 10.8 Å². The molecule has 0 amide bonds. The van der Waals surface area contributed by atoms with Crippen molar-refractivity contribution in [1.29, 1.82) is 0 Å². The third-order valence-electron chi connectivity index (χ3n) is 3.21. The zero-order valence-electron chi connectivity index (χ0n) is 13.1. The van der Waals surface area contributed by atoms with E-state index in [9.17, 15) is 14.9 Å². The molecule has 0 atom stereocenters. The maximum Gasteiger partial charge on any atom is 0.289 e. The van der Waals surface area contributed by atoms with Gasteiger partial charge in [-0.3, -0.25) is 14.9 Å². The van der Waals surface area contributed by atoms with Gasteiger partial charge < -0.3 is 10.1 Å². The van der Waals surface area contributed by atoms with Gasteiger partial charge in [0.05, 0.1) is 12.0 Å². The number of nitrogens with zero attached hydrogens (tertiary/aromatic N) is 1. The molecule has 2 rings (SSSR count). The smallest absolute Gasteiger partial charge is 0.289 e. The van der Waals surface area contributed by atoms with Gasteiger partial charge in [0.25, 0.3) is 5.69 Å². The first-order valence-corrected chi connectivity index (χ1v) is 7.36. The van der Waals surface area contributed by atoms with Crippen LogP contribution in [0.2, 0.25) is 5.02 Å². The van der Waals surface area contributed by atoms with Gasteiger partial charge in [-0.25, -0.2) is 0 Å². The number of halogens is 1. The maximum absolute atomic E-state index is 12.2. The molecule has 0 unspecified atom stereocenters. The second-order valence-electron chi connectivity index (χ2n) is 4.97. The number of ether oxygens (including phenoxy) is 1. The number of methoxy groups -OCH3 is 1. The molecule has 0 bridgehead atoms. The Hall–Kier alpha value is -2.86. The number of hydrogen-bond donors (Lipinski definition) is 1. The van der Waals surface area contributed by atoms with Crippen molar-refractivity contribution in [3.05, 3.63) is 74.9 Å². The van der Waals surface area contributed by atoms with Gasteiger partial charge >= 0.3 is 0 Å². The molecule has 0 fully saturated rings. The second kappa shape index (κ2) is 7.61. The van der Waals surface area contributed by atoms with Gasteiger partial charge in [-0.1, -0.05) is 11.6 Å². The lowest BCUT2D eigenvalue weighted by atomic mass is 10.1. The maximum atomic E-state index is 12.2. The van der Waals surface area contributed by atoms with Gasteiger partial charge in [0.2, 0.25) is 0 Å². The van der Waals surface area contributed by atoms with E-state index in [1.54, 1.807) is 44.4 Å². The van der Waals surface area contributed by atoms with E-state index in [4.69, 9.17) is 16.3 Å². The monoisotopic (exact) mass is 346 g/mol. The number of nitro benzene ring substituents is 1. The van der Waals surface area contributed by atoms with Crippen molar-refractivity contribution in [3.8, 4) is 5.75 Å². The number of anilines is 1. The number of allylic oxidation sites excluding steroid dienone is 2. The van der Waals surface area contributed by atoms with Crippen molar-refractivity contribution in [2.24, 2.45) is 0 Å². The fourth-order valence-corrected chi connectivity index (χ4v) is 2.22. The molecule has 7 heteroatoms. The van der Waals surface area contributed by atoms with Crippen LogP contribution < -0.4 is 10.1 Å². The van der Waals surface area contributed by atoms with Crippen molar-refractivity contribution < 1.29 is 14.5 Å². The standard InChI is InChI=1S/C17H15ClN2O4/c1-11(9-17(21)12-3-6-14(24-2)7-4-12)19-13-5-8-15(18)16(10-13)20(22)23/h3-10,19H,1-2H3. The molecule has 0 aliphatic rings. The molecule has 0 aliphatic carbocycles. The van der Waals surface area contributed by atoms with E-state index >= 15 is 0 Å². The first kappa shape index (κ1) is 17.5. The van der Waals surface area contributed by atoms with Crippen molar-refractivity contribution in [3.63, 3.8) is 0 Å². The summed E-state index contributed by atoms with van der Waals surface area (Å²) in [5.41, 5.74) is 1.34. The molecule has 2 aromatic rings. The van der Waals surface area contributed by atoms with E-state index < -0.39 is 4.92 Å². The van der Waals surface area contributed by atoms with Crippen molar-refractivity contribution in [2.45, 2.75) is 6.92 Å². The summed E-state index contributed by atoms with van der Waals surface area (Å²) in [6.07, 6.45) is 1.42. The van der Waals surface area contributed by atoms with Crippen molar-refractivity contribution >= 4 is 28.8 Å². The van der Waals surface area contributed by atoms with E-state index in [-0.39, 0.29) is 16.5 Å². The van der Waals surface area contributed by atoms with Gasteiger partial charge in [-0.05, 0) is 43.3 Å². The van der Waals surface area contributed by atoms with Crippen LogP contribution in [0.4, 0.5) is 11.4 Å². The lowest BCUT2D eigenvalue weighted by molar-refractivity contribution is -0.384. The molecule has 2 aromatic carbocycles. The lowest BCUT2D eigenvalue weighted by Gasteiger charge is -2.07. The van der Waals surface area contributed by atoms with Crippen LogP contribution in [0, 0.1) is 10.1 Å². The van der Waals surface area contributed by atoms with E-state index in [1.165, 1.54) is 18.2 Å². The van der Waals surface area contributed by atoms with E-state index in [0.29, 0.717) is 22.7 Å². The Kier molecular flexibility index (Phi) is 5.55. The summed E-state index contributed by atoms with van der Waals surface area (Å²) in [5, 5.41) is 13.9. The van der Waals surface area contributed by atoms with E-state index in [0.717, 1.165) is 0 Å². The number of carbonyl (C=O) groups is 1. The van der Waals surface area contributed by atoms with Crippen LogP contribution in [0.5, 0.6) is 5.75 Å². The van der Waals surface area contributed by atoms with Crippen molar-refractivity contribution in [1.82, 2.24) is 0 Å². The number of carbonyl (C=O) groups excluding carboxylic acids is 1. The fourth-order valence-electron chi connectivity index (χ4n) is 2.03. The summed E-state index contributed by atoms with van der Waals surface area (Å²) in [6, 6.07) is 11.1. The van der Waals surface area contributed by atoms with Gasteiger partial charge in [-0.15, -0.1) is 0 Å². The summed E-state index contributed by atoms with van der Waals surface area (Å²) >= 11 is 5.77. The topological polar surface area (TPSA) is 81.5 Å². The Bertz CT molecular complexity index is 801. The molecule has 0 spiro atoms. The molecule has 0 aromatic heterocycles. The highest BCUT2D eigenvalue weighted by molar-refractivity contribution is 6.32. The van der Waals surface area contributed by atoms with Crippen LogP contribution in [0.15, 0.2) is 54.2 Å². The normalized spacial score (nSPS) is 11.0. The molecule has 1 N–H and O–H groups in total. The average molecular weight is 347 g/mol. The van der Waals surface area contributed by atoms with Crippen molar-refractivity contribution in [2.75, 3.05) is 12.4 Å². The van der Waals surface area contributed by atoms with Gasteiger partial charge in [-0.2, -0.15) is 0 Å². The molecular weight excluding hydrogens is 332 g/mol. The largest absolute Gasteiger partial charge is 0.497 e. The Morgan fingerprint density at radius 3 is 2.50 bits per heavy atom. The van der Waals surface area contributed by atoms with E-state index in [2.05, 4.69) is 5.32 Å². The minimum absolute atomic E-state index is 0.0569. The average Bonchev–Trinajstić information content (AvgIpc) is 2.56. The van der Waals surface area contributed by atoms with Crippen LogP contribution >= 0.6 is 11.6 Å². The number of hydrogen-bond acceptors (Lipinski definition) is 5. The molecule has 0 radical (unpaired) electrons. The number of nitro groups is 1. The molecule has 0 aliphatic heterocycles. The van der Waals surface area contributed by atoms with Crippen LogP contribution in [0.25, 0.3) is 0 Å². The Labute approximate surface area is 143 Å². The molecule has 0 saturated carbocycles. The highest BCUT2D eigenvalue weighted by Gasteiger charge is 2.13. The molecule has 124 valence electrons. The minimum atomic E-state index is -0.560. The summed E-state index contributed by atoms with van der Waals surface area (Å²) in [6.45, 7) is 1.70. The highest BCUT2D eigenvalue weighted by Crippen LogP contribution is 2.27. The number of nitrogens with one attached hydrogen (secondary N) is 1. The second-order valence-corrected chi connectivity index (χ2v) is 5.38. The molecule has 0 heterocycles. The third kappa shape index (κ3) is 4.33. The number of rotatable bonds is 6. The summed E-state index contributed by atoms with van der Waals surface area (Å²) in [7, 11) is 1.55. The van der Waals surface area contributed by atoms with Crippen LogP contribution in [-0.2, 0) is 0 Å². The lowest BCUT2D eigenvalue weighted by Crippen LogP contribution is -2.02. The minimum Gasteiger partial charge on any atom is -0.497 e. The Morgan fingerprint density at radius 2 is 1.92 bits per heavy atom. The molecule has 0 saturated heterocycles. The predicted octanol–water partition coefficient (Wildman–Crippen LogP) is 4.46. The molecule has 6 nitrogen and oxygen atoms in total. The SMILES string of the molecule is COc1ccc(C(=O)C=C(C)Nc2ccc(Cl)c([N+](=O)[O-])c2)cc1. The van der Waals surface area contributed by atoms with Crippen LogP contribution in [0.3, 0.4) is 0 Å². The first-order chi connectivity index (χ1) is 11.4. The zero-order chi connectivity index (χ0) is 17.7. The predicted molar refractivity (Wildman–Crippen MR) is 92.8 cm³/mol. The molecular formula is C17H15ClN2O4. The van der Waals surface area contributed by atoms with Gasteiger partial charge in [0.15, 0.2) is 5.78 Å². The summed E-state index contributed by atoms with van der Waals surface area (Å²) < 4.78 is 5.04. The number of ketones is 1. The number of benzene rings is 2. The highest BCUT2D eigenvalue weighted by atomic mass is 35.5. The third-order valence-corrected chi connectivity index (χ3v) is 3.53. The zero-order valence-corrected chi connectivity index (χ0v) is 13.8. The van der Waals surface area contributed by atoms with Gasteiger partial charge in [0, 0.05) is 29.1 Å². The summed E-state index contributed by atoms with van der Waals surface area (Å²) in [5.74, 6) is 0.477. The van der Waals surface area contributed by atoms with E-state index in [1.807, 2.05) is 0 Å². The summed E-state index contributed by atoms with van der Waals surface area (Å²) in [4.78, 5) is 22.5. The fraction of sp³-hybridized carbons (Fsp3) is 0.118. The van der Waals surface area contributed by atoms with Crippen LogP contribution in [0.1, 0.15) is 17.3 Å². The Morgan fingerprint density at radius 1 is 1.25 bits per heavy atom. The Balaban J connectivity index is 2.14. The quantitative estimate of drug-likeness (QED) is 0.361.